The van der Waals surface area contributed by atoms with E-state index in [1.807, 2.05) is 4.90 Å². The number of amides is 1. The molecule has 2 heterocycles. The zero-order chi connectivity index (χ0) is 10.8. The Morgan fingerprint density at radius 2 is 2.07 bits per heavy atom. The van der Waals surface area contributed by atoms with Gasteiger partial charge in [0.25, 0.3) is 0 Å². The van der Waals surface area contributed by atoms with E-state index in [0.29, 0.717) is 6.61 Å². The molecule has 1 aliphatic carbocycles. The predicted octanol–water partition coefficient (Wildman–Crippen LogP) is 1.52. The van der Waals surface area contributed by atoms with E-state index in [0.717, 1.165) is 32.1 Å². The summed E-state index contributed by atoms with van der Waals surface area (Å²) in [5.41, 5.74) is 0. The van der Waals surface area contributed by atoms with Gasteiger partial charge >= 0.3 is 6.09 Å². The number of nitrogens with zero attached hydrogens (tertiary/aromatic N) is 1. The number of hydrogen-bond donors (Lipinski definition) is 1. The van der Waals surface area contributed by atoms with Crippen molar-refractivity contribution in [3.05, 3.63) is 0 Å². The summed E-state index contributed by atoms with van der Waals surface area (Å²) in [7, 11) is 0. The molecular formula is C11H19NO3. The summed E-state index contributed by atoms with van der Waals surface area (Å²) in [6.07, 6.45) is 4.06. The van der Waals surface area contributed by atoms with Gasteiger partial charge in [-0.25, -0.2) is 4.79 Å². The van der Waals surface area contributed by atoms with Gasteiger partial charge in [0.1, 0.15) is 0 Å². The maximum Gasteiger partial charge on any atom is 0.410 e. The maximum absolute atomic E-state index is 11.6. The SMILES string of the molecule is CCCCOC(=O)N1C2CC(O)CC1C2. The van der Waals surface area contributed by atoms with Gasteiger partial charge in [-0.3, -0.25) is 0 Å². The van der Waals surface area contributed by atoms with Crippen LogP contribution in [0.25, 0.3) is 0 Å². The highest BCUT2D eigenvalue weighted by Crippen LogP contribution is 2.38. The molecule has 0 radical (unpaired) electrons. The van der Waals surface area contributed by atoms with Crippen LogP contribution in [0.5, 0.6) is 0 Å². The Labute approximate surface area is 90.2 Å². The lowest BCUT2D eigenvalue weighted by molar-refractivity contribution is -0.0702. The van der Waals surface area contributed by atoms with Crippen molar-refractivity contribution in [3.8, 4) is 0 Å². The zero-order valence-corrected chi connectivity index (χ0v) is 9.19. The van der Waals surface area contributed by atoms with Crippen LogP contribution in [0.2, 0.25) is 0 Å². The highest BCUT2D eigenvalue weighted by atomic mass is 16.6. The van der Waals surface area contributed by atoms with Crippen LogP contribution in [0, 0.1) is 0 Å². The molecule has 0 aromatic rings. The molecule has 4 heteroatoms. The van der Waals surface area contributed by atoms with Crippen molar-refractivity contribution in [2.75, 3.05) is 6.61 Å². The third-order valence-corrected chi connectivity index (χ3v) is 3.35. The molecule has 86 valence electrons. The van der Waals surface area contributed by atoms with Crippen molar-refractivity contribution in [1.82, 2.24) is 4.90 Å². The van der Waals surface area contributed by atoms with Gasteiger partial charge in [-0.15, -0.1) is 0 Å². The number of carbonyl (C=O) groups excluding carboxylic acids is 1. The number of unbranched alkanes of at least 4 members (excludes halogenated alkanes) is 1. The first-order valence-corrected chi connectivity index (χ1v) is 5.85. The predicted molar refractivity (Wildman–Crippen MR) is 55.5 cm³/mol. The first-order valence-electron chi connectivity index (χ1n) is 5.85. The Kier molecular flexibility index (Phi) is 3.14. The molecule has 1 amide bonds. The second-order valence-corrected chi connectivity index (χ2v) is 4.54. The van der Waals surface area contributed by atoms with E-state index in [9.17, 15) is 9.90 Å². The van der Waals surface area contributed by atoms with Crippen LogP contribution in [-0.2, 0) is 4.74 Å². The first kappa shape index (κ1) is 10.7. The van der Waals surface area contributed by atoms with Gasteiger partial charge < -0.3 is 14.7 Å². The van der Waals surface area contributed by atoms with Crippen molar-refractivity contribution in [2.45, 2.75) is 57.2 Å². The first-order chi connectivity index (χ1) is 7.22. The van der Waals surface area contributed by atoms with Crippen LogP contribution in [0.15, 0.2) is 0 Å². The molecule has 3 rings (SSSR count). The second kappa shape index (κ2) is 4.39. The molecule has 1 N–H and O–H groups in total. The van der Waals surface area contributed by atoms with Crippen molar-refractivity contribution in [2.24, 2.45) is 0 Å². The summed E-state index contributed by atoms with van der Waals surface area (Å²) in [6, 6.07) is 0.459. The number of rotatable bonds is 3. The smallest absolute Gasteiger partial charge is 0.410 e. The van der Waals surface area contributed by atoms with Crippen molar-refractivity contribution in [3.63, 3.8) is 0 Å². The molecule has 2 unspecified atom stereocenters. The van der Waals surface area contributed by atoms with Crippen molar-refractivity contribution >= 4 is 6.09 Å². The zero-order valence-electron chi connectivity index (χ0n) is 9.19. The minimum atomic E-state index is -0.214. The minimum absolute atomic E-state index is 0.184. The van der Waals surface area contributed by atoms with E-state index in [1.54, 1.807) is 0 Å². The van der Waals surface area contributed by atoms with Crippen molar-refractivity contribution < 1.29 is 14.6 Å². The number of carbonyl (C=O) groups is 1. The van der Waals surface area contributed by atoms with Gasteiger partial charge in [-0.2, -0.15) is 0 Å². The number of ether oxygens (including phenoxy) is 1. The highest BCUT2D eigenvalue weighted by molar-refractivity contribution is 5.70. The van der Waals surface area contributed by atoms with Gasteiger partial charge in [0.05, 0.1) is 12.7 Å². The maximum atomic E-state index is 11.6. The van der Waals surface area contributed by atoms with Crippen LogP contribution in [0.4, 0.5) is 4.79 Å². The molecule has 3 aliphatic rings. The Morgan fingerprint density at radius 1 is 1.40 bits per heavy atom. The normalized spacial score (nSPS) is 33.5. The number of aliphatic hydroxyl groups excluding tert-OH is 1. The second-order valence-electron chi connectivity index (χ2n) is 4.54. The Balaban J connectivity index is 1.78. The summed E-state index contributed by atoms with van der Waals surface area (Å²) in [6.45, 7) is 2.59. The lowest BCUT2D eigenvalue weighted by Crippen LogP contribution is -2.64. The molecule has 0 aromatic heterocycles. The molecule has 0 spiro atoms. The molecule has 2 bridgehead atoms. The third-order valence-electron chi connectivity index (χ3n) is 3.35. The number of aliphatic hydroxyl groups is 1. The van der Waals surface area contributed by atoms with E-state index < -0.39 is 0 Å². The van der Waals surface area contributed by atoms with Gasteiger partial charge in [0, 0.05) is 12.1 Å². The van der Waals surface area contributed by atoms with Gasteiger partial charge in [0.15, 0.2) is 0 Å². The van der Waals surface area contributed by atoms with Crippen LogP contribution >= 0.6 is 0 Å². The van der Waals surface area contributed by atoms with Crippen LogP contribution in [0.3, 0.4) is 0 Å². The lowest BCUT2D eigenvalue weighted by atomic mass is 9.78. The Morgan fingerprint density at radius 3 is 2.67 bits per heavy atom. The standard InChI is InChI=1S/C11H19NO3/c1-2-3-4-15-11(14)12-8-5-9(12)7-10(13)6-8/h8-10,13H,2-7H2,1H3. The van der Waals surface area contributed by atoms with E-state index in [2.05, 4.69) is 6.92 Å². The highest BCUT2D eigenvalue weighted by Gasteiger charge is 2.48. The minimum Gasteiger partial charge on any atom is -0.449 e. The molecule has 1 saturated carbocycles. The molecule has 0 aromatic carbocycles. The summed E-state index contributed by atoms with van der Waals surface area (Å²) in [5.74, 6) is 0. The summed E-state index contributed by atoms with van der Waals surface area (Å²) in [5, 5.41) is 9.44. The van der Waals surface area contributed by atoms with E-state index in [1.165, 1.54) is 0 Å². The Hall–Kier alpha value is -0.770. The quantitative estimate of drug-likeness (QED) is 0.723. The van der Waals surface area contributed by atoms with E-state index in [4.69, 9.17) is 4.74 Å². The van der Waals surface area contributed by atoms with Crippen LogP contribution in [-0.4, -0.2) is 40.9 Å². The monoisotopic (exact) mass is 213 g/mol. The molecule has 2 atom stereocenters. The van der Waals surface area contributed by atoms with Crippen LogP contribution < -0.4 is 0 Å². The average Bonchev–Trinajstić information content (AvgIpc) is 2.17. The molecule has 15 heavy (non-hydrogen) atoms. The number of fused-ring (bicyclic) bond motifs is 2. The fourth-order valence-corrected chi connectivity index (χ4v) is 2.52. The number of hydrogen-bond acceptors (Lipinski definition) is 3. The molecule has 4 nitrogen and oxygen atoms in total. The summed E-state index contributed by atoms with van der Waals surface area (Å²) >= 11 is 0. The molecule has 3 fully saturated rings. The Bertz CT molecular complexity index is 232. The van der Waals surface area contributed by atoms with E-state index in [-0.39, 0.29) is 24.3 Å². The topological polar surface area (TPSA) is 49.8 Å². The lowest BCUT2D eigenvalue weighted by Gasteiger charge is -2.53. The average molecular weight is 213 g/mol. The molecule has 2 saturated heterocycles. The summed E-state index contributed by atoms with van der Waals surface area (Å²) < 4.78 is 5.16. The van der Waals surface area contributed by atoms with E-state index >= 15 is 0 Å². The van der Waals surface area contributed by atoms with Gasteiger partial charge in [-0.05, 0) is 25.7 Å². The number of piperidine rings is 1. The fraction of sp³-hybridized carbons (Fsp3) is 0.909. The fourth-order valence-electron chi connectivity index (χ4n) is 2.52. The van der Waals surface area contributed by atoms with Gasteiger partial charge in [0.2, 0.25) is 0 Å². The van der Waals surface area contributed by atoms with Crippen molar-refractivity contribution in [1.29, 1.82) is 0 Å². The molecular weight excluding hydrogens is 194 g/mol. The molecule has 2 aliphatic heterocycles. The largest absolute Gasteiger partial charge is 0.449 e. The van der Waals surface area contributed by atoms with Crippen LogP contribution in [0.1, 0.15) is 39.0 Å². The summed E-state index contributed by atoms with van der Waals surface area (Å²) in [4.78, 5) is 13.5. The third kappa shape index (κ3) is 2.09. The van der Waals surface area contributed by atoms with Gasteiger partial charge in [-0.1, -0.05) is 13.3 Å².